The van der Waals surface area contributed by atoms with Gasteiger partial charge in [0.2, 0.25) is 0 Å². The fourth-order valence-electron chi connectivity index (χ4n) is 1.59. The highest BCUT2D eigenvalue weighted by Gasteiger charge is 2.13. The second-order valence-electron chi connectivity index (χ2n) is 4.09. The van der Waals surface area contributed by atoms with Gasteiger partial charge >= 0.3 is 5.97 Å². The summed E-state index contributed by atoms with van der Waals surface area (Å²) in [6.45, 7) is 0.0326. The molecular weight excluding hydrogens is 258 g/mol. The third-order valence-electron chi connectivity index (χ3n) is 2.65. The van der Waals surface area contributed by atoms with Crippen molar-refractivity contribution >= 4 is 5.97 Å². The molecule has 20 heavy (non-hydrogen) atoms. The van der Waals surface area contributed by atoms with Crippen molar-refractivity contribution in [3.05, 3.63) is 59.2 Å². The lowest BCUT2D eigenvalue weighted by Gasteiger charge is -2.06. The normalized spacial score (nSPS) is 9.75. The van der Waals surface area contributed by atoms with Gasteiger partial charge in [-0.05, 0) is 29.8 Å². The molecule has 0 aliphatic rings. The van der Waals surface area contributed by atoms with Gasteiger partial charge in [-0.2, -0.15) is 5.26 Å². The zero-order chi connectivity index (χ0) is 14.5. The number of carbonyl (C=O) groups excluding carboxylic acids is 1. The third kappa shape index (κ3) is 3.06. The highest BCUT2D eigenvalue weighted by molar-refractivity contribution is 5.92. The summed E-state index contributed by atoms with van der Waals surface area (Å²) in [5.41, 5.74) is 1.24. The van der Waals surface area contributed by atoms with E-state index in [4.69, 9.17) is 15.1 Å². The molecule has 0 aliphatic carbocycles. The van der Waals surface area contributed by atoms with E-state index in [1.165, 1.54) is 12.1 Å². The maximum Gasteiger partial charge on any atom is 0.342 e. The van der Waals surface area contributed by atoms with E-state index in [2.05, 4.69) is 0 Å². The van der Waals surface area contributed by atoms with Crippen molar-refractivity contribution in [3.8, 4) is 17.6 Å². The van der Waals surface area contributed by atoms with E-state index in [0.29, 0.717) is 5.56 Å². The van der Waals surface area contributed by atoms with Crippen LogP contribution in [0.4, 0.5) is 0 Å². The van der Waals surface area contributed by atoms with E-state index in [-0.39, 0.29) is 23.7 Å². The first-order valence-corrected chi connectivity index (χ1v) is 5.78. The van der Waals surface area contributed by atoms with E-state index in [0.717, 1.165) is 11.6 Å². The Morgan fingerprint density at radius 1 is 1.15 bits per heavy atom. The van der Waals surface area contributed by atoms with Gasteiger partial charge in [0.1, 0.15) is 23.7 Å². The van der Waals surface area contributed by atoms with Crippen LogP contribution in [0.15, 0.2) is 42.5 Å². The molecule has 0 saturated carbocycles. The Morgan fingerprint density at radius 2 is 1.85 bits per heavy atom. The van der Waals surface area contributed by atoms with Crippen LogP contribution in [0.1, 0.15) is 21.5 Å². The number of carbonyl (C=O) groups is 1. The van der Waals surface area contributed by atoms with Gasteiger partial charge in [-0.15, -0.1) is 0 Å². The minimum Gasteiger partial charge on any atom is -0.508 e. The molecule has 5 nitrogen and oxygen atoms in total. The fraction of sp³-hybridized carbons (Fsp3) is 0.0667. The Labute approximate surface area is 115 Å². The first kappa shape index (κ1) is 13.4. The van der Waals surface area contributed by atoms with Crippen LogP contribution in [0.25, 0.3) is 0 Å². The predicted octanol–water partition coefficient (Wildman–Crippen LogP) is 2.33. The van der Waals surface area contributed by atoms with Crippen LogP contribution >= 0.6 is 0 Å². The van der Waals surface area contributed by atoms with Crippen molar-refractivity contribution in [1.82, 2.24) is 0 Å². The monoisotopic (exact) mass is 269 g/mol. The molecule has 0 radical (unpaired) electrons. The molecule has 0 unspecified atom stereocenters. The van der Waals surface area contributed by atoms with Crippen molar-refractivity contribution in [2.75, 3.05) is 0 Å². The standard InChI is InChI=1S/C15H11NO4/c16-8-10-1-3-11(4-2-10)9-20-15(19)13-6-5-12(17)7-14(13)18/h1-7,17-18H,9H2. The lowest BCUT2D eigenvalue weighted by atomic mass is 10.1. The number of esters is 1. The van der Waals surface area contributed by atoms with Gasteiger partial charge in [0, 0.05) is 6.07 Å². The number of hydrogen-bond donors (Lipinski definition) is 2. The number of phenols is 2. The van der Waals surface area contributed by atoms with E-state index < -0.39 is 5.97 Å². The average Bonchev–Trinajstić information content (AvgIpc) is 2.45. The molecule has 5 heteroatoms. The summed E-state index contributed by atoms with van der Waals surface area (Å²) in [6, 6.07) is 12.3. The second kappa shape index (κ2) is 5.76. The van der Waals surface area contributed by atoms with Crippen LogP contribution in [0, 0.1) is 11.3 Å². The topological polar surface area (TPSA) is 90.5 Å². The van der Waals surface area contributed by atoms with Crippen LogP contribution in [0.5, 0.6) is 11.5 Å². The molecule has 2 aromatic carbocycles. The van der Waals surface area contributed by atoms with Crippen molar-refractivity contribution in [3.63, 3.8) is 0 Å². The van der Waals surface area contributed by atoms with Gasteiger partial charge in [-0.3, -0.25) is 0 Å². The molecule has 100 valence electrons. The highest BCUT2D eigenvalue weighted by atomic mass is 16.5. The van der Waals surface area contributed by atoms with E-state index in [9.17, 15) is 9.90 Å². The maximum absolute atomic E-state index is 11.8. The molecular formula is C15H11NO4. The Morgan fingerprint density at radius 3 is 2.45 bits per heavy atom. The molecule has 0 aliphatic heterocycles. The molecule has 0 spiro atoms. The summed E-state index contributed by atoms with van der Waals surface area (Å²) < 4.78 is 5.04. The number of benzene rings is 2. The molecule has 0 heterocycles. The van der Waals surface area contributed by atoms with Crippen LogP contribution in [-0.4, -0.2) is 16.2 Å². The lowest BCUT2D eigenvalue weighted by molar-refractivity contribution is 0.0469. The first-order chi connectivity index (χ1) is 9.60. The summed E-state index contributed by atoms with van der Waals surface area (Å²) in [4.78, 5) is 11.8. The fourth-order valence-corrected chi connectivity index (χ4v) is 1.59. The van der Waals surface area contributed by atoms with Crippen molar-refractivity contribution < 1.29 is 19.7 Å². The number of hydrogen-bond acceptors (Lipinski definition) is 5. The Balaban J connectivity index is 2.03. The number of nitriles is 1. The lowest BCUT2D eigenvalue weighted by Crippen LogP contribution is -2.05. The number of phenolic OH excluding ortho intramolecular Hbond substituents is 2. The van der Waals surface area contributed by atoms with Gasteiger partial charge in [0.15, 0.2) is 0 Å². The SMILES string of the molecule is N#Cc1ccc(COC(=O)c2ccc(O)cc2O)cc1. The van der Waals surface area contributed by atoms with Gasteiger partial charge in [0.05, 0.1) is 11.6 Å². The molecule has 0 aromatic heterocycles. The van der Waals surface area contributed by atoms with E-state index in [1.807, 2.05) is 6.07 Å². The minimum atomic E-state index is -0.688. The van der Waals surface area contributed by atoms with Crippen molar-refractivity contribution in [1.29, 1.82) is 5.26 Å². The van der Waals surface area contributed by atoms with Gasteiger partial charge in [-0.25, -0.2) is 4.79 Å². The molecule has 0 atom stereocenters. The van der Waals surface area contributed by atoms with Crippen LogP contribution in [-0.2, 0) is 11.3 Å². The quantitative estimate of drug-likeness (QED) is 0.834. The number of nitrogens with zero attached hydrogens (tertiary/aromatic N) is 1. The number of rotatable bonds is 3. The zero-order valence-electron chi connectivity index (χ0n) is 10.4. The molecule has 2 N–H and O–H groups in total. The van der Waals surface area contributed by atoms with Gasteiger partial charge in [-0.1, -0.05) is 12.1 Å². The highest BCUT2D eigenvalue weighted by Crippen LogP contribution is 2.23. The predicted molar refractivity (Wildman–Crippen MR) is 70.0 cm³/mol. The first-order valence-electron chi connectivity index (χ1n) is 5.78. The van der Waals surface area contributed by atoms with Gasteiger partial charge < -0.3 is 14.9 Å². The minimum absolute atomic E-state index is 0.0172. The molecule has 0 saturated heterocycles. The van der Waals surface area contributed by atoms with Crippen LogP contribution in [0.2, 0.25) is 0 Å². The Kier molecular flexibility index (Phi) is 3.87. The van der Waals surface area contributed by atoms with Crippen molar-refractivity contribution in [2.24, 2.45) is 0 Å². The summed E-state index contributed by atoms with van der Waals surface area (Å²) in [5.74, 6) is -1.16. The summed E-state index contributed by atoms with van der Waals surface area (Å²) in [5, 5.41) is 27.3. The molecule has 0 amide bonds. The number of aromatic hydroxyl groups is 2. The molecule has 0 fully saturated rings. The molecule has 2 aromatic rings. The Hall–Kier alpha value is -3.00. The smallest absolute Gasteiger partial charge is 0.342 e. The Bertz CT molecular complexity index is 671. The zero-order valence-corrected chi connectivity index (χ0v) is 10.4. The molecule has 2 rings (SSSR count). The average molecular weight is 269 g/mol. The van der Waals surface area contributed by atoms with E-state index >= 15 is 0 Å². The van der Waals surface area contributed by atoms with Crippen LogP contribution < -0.4 is 0 Å². The van der Waals surface area contributed by atoms with E-state index in [1.54, 1.807) is 24.3 Å². The molecule has 0 bridgehead atoms. The third-order valence-corrected chi connectivity index (χ3v) is 2.65. The summed E-state index contributed by atoms with van der Waals surface area (Å²) in [7, 11) is 0. The summed E-state index contributed by atoms with van der Waals surface area (Å²) >= 11 is 0. The maximum atomic E-state index is 11.8. The van der Waals surface area contributed by atoms with Crippen molar-refractivity contribution in [2.45, 2.75) is 6.61 Å². The number of ether oxygens (including phenoxy) is 1. The van der Waals surface area contributed by atoms with Gasteiger partial charge in [0.25, 0.3) is 0 Å². The summed E-state index contributed by atoms with van der Waals surface area (Å²) in [6.07, 6.45) is 0. The second-order valence-corrected chi connectivity index (χ2v) is 4.09. The largest absolute Gasteiger partial charge is 0.508 e. The van der Waals surface area contributed by atoms with Crippen LogP contribution in [0.3, 0.4) is 0 Å².